The number of para-hydroxylation sites is 2. The molecule has 5 nitrogen and oxygen atoms in total. The molecular formula is C27H18N2O3. The first-order valence-electron chi connectivity index (χ1n) is 10.2. The zero-order chi connectivity index (χ0) is 21.9. The van der Waals surface area contributed by atoms with Gasteiger partial charge in [0.2, 0.25) is 5.89 Å². The lowest BCUT2D eigenvalue weighted by Crippen LogP contribution is -2.13. The standard InChI is InChI=1S/C27H18N2O3/c30-25(20-12-8-11-19(17-20)18-9-2-1-3-10-18)28-23-15-6-4-13-21(23)26-29-24-16-7-5-14-22(24)27(31)32-26/h1-17H,(H,28,30). The van der Waals surface area contributed by atoms with Crippen molar-refractivity contribution in [2.75, 3.05) is 5.32 Å². The van der Waals surface area contributed by atoms with Gasteiger partial charge in [0.1, 0.15) is 0 Å². The maximum Gasteiger partial charge on any atom is 0.347 e. The molecule has 0 aliphatic heterocycles. The molecule has 154 valence electrons. The van der Waals surface area contributed by atoms with Crippen molar-refractivity contribution in [3.8, 4) is 22.6 Å². The van der Waals surface area contributed by atoms with Gasteiger partial charge >= 0.3 is 5.63 Å². The SMILES string of the molecule is O=C(Nc1ccccc1-c1nc2ccccc2c(=O)o1)c1cccc(-c2ccccc2)c1. The van der Waals surface area contributed by atoms with E-state index in [1.54, 1.807) is 48.5 Å². The lowest BCUT2D eigenvalue weighted by molar-refractivity contribution is 0.102. The Morgan fingerprint density at radius 1 is 0.750 bits per heavy atom. The smallest absolute Gasteiger partial charge is 0.347 e. The molecule has 0 saturated heterocycles. The number of amides is 1. The van der Waals surface area contributed by atoms with E-state index in [2.05, 4.69) is 10.3 Å². The third-order valence-corrected chi connectivity index (χ3v) is 5.17. The van der Waals surface area contributed by atoms with Crippen LogP contribution in [0.1, 0.15) is 10.4 Å². The Morgan fingerprint density at radius 3 is 2.34 bits per heavy atom. The van der Waals surface area contributed by atoms with E-state index >= 15 is 0 Å². The van der Waals surface area contributed by atoms with Crippen molar-refractivity contribution in [2.45, 2.75) is 0 Å². The van der Waals surface area contributed by atoms with Crippen LogP contribution in [0.15, 0.2) is 112 Å². The number of rotatable bonds is 4. The second kappa shape index (κ2) is 8.32. The highest BCUT2D eigenvalue weighted by atomic mass is 16.4. The molecule has 1 N–H and O–H groups in total. The number of fused-ring (bicyclic) bond motifs is 1. The van der Waals surface area contributed by atoms with Gasteiger partial charge in [0.15, 0.2) is 0 Å². The van der Waals surface area contributed by atoms with Gasteiger partial charge in [-0.1, -0.05) is 66.7 Å². The molecule has 0 aliphatic rings. The summed E-state index contributed by atoms with van der Waals surface area (Å²) in [7, 11) is 0. The second-order valence-corrected chi connectivity index (χ2v) is 7.27. The molecule has 0 spiro atoms. The molecule has 0 saturated carbocycles. The number of carbonyl (C=O) groups is 1. The molecule has 5 aromatic rings. The van der Waals surface area contributed by atoms with Crippen molar-refractivity contribution >= 4 is 22.5 Å². The summed E-state index contributed by atoms with van der Waals surface area (Å²) in [6.45, 7) is 0. The first kappa shape index (κ1) is 19.5. The van der Waals surface area contributed by atoms with Crippen molar-refractivity contribution < 1.29 is 9.21 Å². The van der Waals surface area contributed by atoms with Gasteiger partial charge in [-0.3, -0.25) is 4.79 Å². The van der Waals surface area contributed by atoms with Crippen molar-refractivity contribution in [1.29, 1.82) is 0 Å². The average molecular weight is 418 g/mol. The fraction of sp³-hybridized carbons (Fsp3) is 0. The van der Waals surface area contributed by atoms with Crippen LogP contribution in [0.25, 0.3) is 33.5 Å². The molecule has 0 radical (unpaired) electrons. The minimum atomic E-state index is -0.470. The zero-order valence-electron chi connectivity index (χ0n) is 17.0. The van der Waals surface area contributed by atoms with Gasteiger partial charge in [-0.25, -0.2) is 9.78 Å². The van der Waals surface area contributed by atoms with Gasteiger partial charge < -0.3 is 9.73 Å². The molecular weight excluding hydrogens is 400 g/mol. The first-order chi connectivity index (χ1) is 15.7. The number of aromatic nitrogens is 1. The molecule has 32 heavy (non-hydrogen) atoms. The van der Waals surface area contributed by atoms with Gasteiger partial charge in [0, 0.05) is 5.56 Å². The van der Waals surface area contributed by atoms with E-state index in [4.69, 9.17) is 4.42 Å². The first-order valence-corrected chi connectivity index (χ1v) is 10.2. The molecule has 0 unspecified atom stereocenters. The average Bonchev–Trinajstić information content (AvgIpc) is 2.85. The third kappa shape index (κ3) is 3.79. The van der Waals surface area contributed by atoms with Gasteiger partial charge in [-0.2, -0.15) is 0 Å². The van der Waals surface area contributed by atoms with Gasteiger partial charge in [0.25, 0.3) is 5.91 Å². The van der Waals surface area contributed by atoms with Crippen LogP contribution in [-0.2, 0) is 0 Å². The van der Waals surface area contributed by atoms with Crippen molar-refractivity contribution in [3.05, 3.63) is 119 Å². The third-order valence-electron chi connectivity index (χ3n) is 5.17. The maximum atomic E-state index is 13.0. The van der Waals surface area contributed by atoms with Crippen LogP contribution in [0.5, 0.6) is 0 Å². The molecule has 0 atom stereocenters. The predicted octanol–water partition coefficient (Wildman–Crippen LogP) is 5.77. The Labute approximate surface area is 184 Å². The summed E-state index contributed by atoms with van der Waals surface area (Å²) in [5, 5.41) is 3.34. The fourth-order valence-electron chi connectivity index (χ4n) is 3.58. The number of hydrogen-bond donors (Lipinski definition) is 1. The van der Waals surface area contributed by atoms with Crippen LogP contribution in [-0.4, -0.2) is 10.9 Å². The van der Waals surface area contributed by atoms with Crippen molar-refractivity contribution in [1.82, 2.24) is 4.98 Å². The second-order valence-electron chi connectivity index (χ2n) is 7.27. The van der Waals surface area contributed by atoms with Crippen LogP contribution in [0, 0.1) is 0 Å². The lowest BCUT2D eigenvalue weighted by Gasteiger charge is -2.11. The Hall–Kier alpha value is -4.51. The number of anilines is 1. The predicted molar refractivity (Wildman–Crippen MR) is 126 cm³/mol. The molecule has 5 rings (SSSR count). The number of nitrogens with one attached hydrogen (secondary N) is 1. The summed E-state index contributed by atoms with van der Waals surface area (Å²) < 4.78 is 5.46. The normalized spacial score (nSPS) is 10.8. The molecule has 4 aromatic carbocycles. The zero-order valence-corrected chi connectivity index (χ0v) is 17.0. The van der Waals surface area contributed by atoms with E-state index in [1.807, 2.05) is 54.6 Å². The monoisotopic (exact) mass is 418 g/mol. The van der Waals surface area contributed by atoms with Crippen molar-refractivity contribution in [3.63, 3.8) is 0 Å². The topological polar surface area (TPSA) is 72.2 Å². The maximum absolute atomic E-state index is 13.0. The highest BCUT2D eigenvalue weighted by Crippen LogP contribution is 2.28. The molecule has 5 heteroatoms. The quantitative estimate of drug-likeness (QED) is 0.402. The van der Waals surface area contributed by atoms with Crippen LogP contribution in [0.4, 0.5) is 5.69 Å². The van der Waals surface area contributed by atoms with Crippen LogP contribution >= 0.6 is 0 Å². The summed E-state index contributed by atoms with van der Waals surface area (Å²) in [6, 6.07) is 31.4. The Bertz CT molecular complexity index is 1490. The molecule has 1 amide bonds. The van der Waals surface area contributed by atoms with E-state index in [0.717, 1.165) is 11.1 Å². The van der Waals surface area contributed by atoms with Crippen molar-refractivity contribution in [2.24, 2.45) is 0 Å². The van der Waals surface area contributed by atoms with Crippen LogP contribution < -0.4 is 10.9 Å². The highest BCUT2D eigenvalue weighted by Gasteiger charge is 2.15. The fourth-order valence-corrected chi connectivity index (χ4v) is 3.58. The van der Waals surface area contributed by atoms with E-state index in [0.29, 0.717) is 27.7 Å². The van der Waals surface area contributed by atoms with E-state index in [9.17, 15) is 9.59 Å². The summed E-state index contributed by atoms with van der Waals surface area (Å²) in [4.78, 5) is 29.9. The van der Waals surface area contributed by atoms with Crippen LogP contribution in [0.2, 0.25) is 0 Å². The summed E-state index contributed by atoms with van der Waals surface area (Å²) in [5.41, 5.74) is 3.61. The Kier molecular flexibility index (Phi) is 5.06. The number of hydrogen-bond acceptors (Lipinski definition) is 4. The number of nitrogens with zero attached hydrogens (tertiary/aromatic N) is 1. The molecule has 0 bridgehead atoms. The van der Waals surface area contributed by atoms with Gasteiger partial charge in [0.05, 0.1) is 22.2 Å². The molecule has 1 heterocycles. The lowest BCUT2D eigenvalue weighted by atomic mass is 10.0. The Balaban J connectivity index is 1.49. The molecule has 0 fully saturated rings. The number of benzene rings is 4. The van der Waals surface area contributed by atoms with Gasteiger partial charge in [-0.05, 0) is 47.5 Å². The summed E-state index contributed by atoms with van der Waals surface area (Å²) in [6.07, 6.45) is 0. The largest absolute Gasteiger partial charge is 0.403 e. The van der Waals surface area contributed by atoms with Gasteiger partial charge in [-0.15, -0.1) is 0 Å². The number of carbonyl (C=O) groups excluding carboxylic acids is 1. The van der Waals surface area contributed by atoms with E-state index < -0.39 is 5.63 Å². The minimum Gasteiger partial charge on any atom is -0.403 e. The minimum absolute atomic E-state index is 0.155. The summed E-state index contributed by atoms with van der Waals surface area (Å²) >= 11 is 0. The molecule has 0 aliphatic carbocycles. The van der Waals surface area contributed by atoms with E-state index in [-0.39, 0.29) is 11.8 Å². The highest BCUT2D eigenvalue weighted by molar-refractivity contribution is 6.06. The Morgan fingerprint density at radius 2 is 1.47 bits per heavy atom. The summed E-state index contributed by atoms with van der Waals surface area (Å²) in [5.74, 6) is -0.110. The van der Waals surface area contributed by atoms with Crippen LogP contribution in [0.3, 0.4) is 0 Å². The van der Waals surface area contributed by atoms with E-state index in [1.165, 1.54) is 0 Å². The molecule has 1 aromatic heterocycles.